The highest BCUT2D eigenvalue weighted by atomic mass is 35.5. The molecule has 0 radical (unpaired) electrons. The van der Waals surface area contributed by atoms with Gasteiger partial charge in [0.25, 0.3) is 0 Å². The summed E-state index contributed by atoms with van der Waals surface area (Å²) >= 11 is 12.3. The molecule has 1 aliphatic rings. The molecule has 0 amide bonds. The summed E-state index contributed by atoms with van der Waals surface area (Å²) in [5.41, 5.74) is 0.828. The molecule has 0 unspecified atom stereocenters. The van der Waals surface area contributed by atoms with Gasteiger partial charge in [0.15, 0.2) is 5.82 Å². The fourth-order valence-corrected chi connectivity index (χ4v) is 2.53. The average Bonchev–Trinajstić information content (AvgIpc) is 3.13. The maximum atomic E-state index is 6.13. The van der Waals surface area contributed by atoms with E-state index in [0.717, 1.165) is 18.0 Å². The molecule has 1 N–H and O–H groups in total. The van der Waals surface area contributed by atoms with E-state index in [1.807, 2.05) is 6.07 Å². The van der Waals surface area contributed by atoms with Crippen molar-refractivity contribution >= 4 is 23.2 Å². The van der Waals surface area contributed by atoms with Gasteiger partial charge < -0.3 is 9.84 Å². The first-order valence-electron chi connectivity index (χ1n) is 6.67. The third kappa shape index (κ3) is 3.51. The molecule has 1 fully saturated rings. The Morgan fingerprint density at radius 2 is 2.00 bits per heavy atom. The summed E-state index contributed by atoms with van der Waals surface area (Å²) in [5, 5.41) is 8.52. The second kappa shape index (κ2) is 6.12. The molecule has 0 aliphatic heterocycles. The third-order valence-corrected chi connectivity index (χ3v) is 4.02. The normalized spacial score (nSPS) is 14.7. The van der Waals surface area contributed by atoms with Gasteiger partial charge in [0.2, 0.25) is 5.89 Å². The lowest BCUT2D eigenvalue weighted by Crippen LogP contribution is -2.16. The molecule has 0 atom stereocenters. The maximum absolute atomic E-state index is 6.13. The van der Waals surface area contributed by atoms with Crippen LogP contribution in [0.1, 0.15) is 30.1 Å². The molecule has 106 valence electrons. The van der Waals surface area contributed by atoms with Crippen molar-refractivity contribution in [2.45, 2.75) is 25.8 Å². The summed E-state index contributed by atoms with van der Waals surface area (Å²) in [7, 11) is 0. The predicted molar refractivity (Wildman–Crippen MR) is 78.0 cm³/mol. The molecule has 0 bridgehead atoms. The van der Waals surface area contributed by atoms with Crippen LogP contribution in [0, 0.1) is 5.92 Å². The zero-order valence-corrected chi connectivity index (χ0v) is 12.4. The van der Waals surface area contributed by atoms with E-state index in [9.17, 15) is 0 Å². The van der Waals surface area contributed by atoms with E-state index in [1.165, 1.54) is 12.8 Å². The molecule has 0 saturated heterocycles. The number of aromatic nitrogens is 2. The monoisotopic (exact) mass is 311 g/mol. The molecule has 3 rings (SSSR count). The summed E-state index contributed by atoms with van der Waals surface area (Å²) in [6, 6.07) is 5.43. The number of benzene rings is 1. The van der Waals surface area contributed by atoms with E-state index in [2.05, 4.69) is 15.5 Å². The molecular formula is C14H15Cl2N3O. The standard InChI is InChI=1S/C14H15Cl2N3O/c15-11-2-1-3-12(16)10(11)6-13-18-14(20-19-13)8-17-7-9-4-5-9/h1-3,9,17H,4-8H2. The zero-order valence-electron chi connectivity index (χ0n) is 10.9. The van der Waals surface area contributed by atoms with Crippen LogP contribution in [0.25, 0.3) is 0 Å². The van der Waals surface area contributed by atoms with Crippen molar-refractivity contribution in [1.29, 1.82) is 0 Å². The van der Waals surface area contributed by atoms with Crippen molar-refractivity contribution in [3.8, 4) is 0 Å². The molecule has 1 saturated carbocycles. The van der Waals surface area contributed by atoms with Gasteiger partial charge in [-0.25, -0.2) is 0 Å². The second-order valence-corrected chi connectivity index (χ2v) is 5.87. The maximum Gasteiger partial charge on any atom is 0.240 e. The summed E-state index contributed by atoms with van der Waals surface area (Å²) in [6.07, 6.45) is 3.13. The highest BCUT2D eigenvalue weighted by molar-refractivity contribution is 6.36. The van der Waals surface area contributed by atoms with Crippen LogP contribution in [0.4, 0.5) is 0 Å². The van der Waals surface area contributed by atoms with Gasteiger partial charge in [-0.15, -0.1) is 0 Å². The van der Waals surface area contributed by atoms with Crippen LogP contribution < -0.4 is 5.32 Å². The summed E-state index contributed by atoms with van der Waals surface area (Å²) in [6.45, 7) is 1.63. The van der Waals surface area contributed by atoms with Crippen LogP contribution in [0.3, 0.4) is 0 Å². The van der Waals surface area contributed by atoms with Crippen LogP contribution in [0.2, 0.25) is 10.0 Å². The first-order valence-corrected chi connectivity index (χ1v) is 7.43. The Balaban J connectivity index is 1.61. The highest BCUT2D eigenvalue weighted by Crippen LogP contribution is 2.28. The largest absolute Gasteiger partial charge is 0.338 e. The Morgan fingerprint density at radius 1 is 1.25 bits per heavy atom. The van der Waals surface area contributed by atoms with Gasteiger partial charge in [-0.2, -0.15) is 4.98 Å². The quantitative estimate of drug-likeness (QED) is 0.887. The van der Waals surface area contributed by atoms with Crippen LogP contribution >= 0.6 is 23.2 Å². The SMILES string of the molecule is Clc1cccc(Cl)c1Cc1noc(CNCC2CC2)n1. The molecule has 2 aromatic rings. The van der Waals surface area contributed by atoms with Crippen molar-refractivity contribution in [2.24, 2.45) is 5.92 Å². The predicted octanol–water partition coefficient (Wildman–Crippen LogP) is 3.47. The van der Waals surface area contributed by atoms with Gasteiger partial charge in [0.05, 0.1) is 6.54 Å². The Hall–Kier alpha value is -1.10. The van der Waals surface area contributed by atoms with Crippen molar-refractivity contribution in [3.63, 3.8) is 0 Å². The highest BCUT2D eigenvalue weighted by Gasteiger charge is 2.20. The van der Waals surface area contributed by atoms with Crippen LogP contribution in [0.5, 0.6) is 0 Å². The van der Waals surface area contributed by atoms with Gasteiger partial charge in [-0.3, -0.25) is 0 Å². The number of rotatable bonds is 6. The van der Waals surface area contributed by atoms with E-state index < -0.39 is 0 Å². The number of nitrogens with zero attached hydrogens (tertiary/aromatic N) is 2. The summed E-state index contributed by atoms with van der Waals surface area (Å²) in [4.78, 5) is 4.35. The van der Waals surface area contributed by atoms with E-state index in [0.29, 0.717) is 34.7 Å². The minimum atomic E-state index is 0.477. The second-order valence-electron chi connectivity index (χ2n) is 5.06. The third-order valence-electron chi connectivity index (χ3n) is 3.31. The lowest BCUT2D eigenvalue weighted by Gasteiger charge is -2.03. The Kier molecular flexibility index (Phi) is 4.24. The van der Waals surface area contributed by atoms with Gasteiger partial charge >= 0.3 is 0 Å². The molecule has 6 heteroatoms. The van der Waals surface area contributed by atoms with Crippen LogP contribution in [-0.4, -0.2) is 16.7 Å². The molecule has 20 heavy (non-hydrogen) atoms. The molecule has 1 aromatic heterocycles. The first kappa shape index (κ1) is 13.9. The molecule has 1 aromatic carbocycles. The topological polar surface area (TPSA) is 51.0 Å². The number of halogens is 2. The van der Waals surface area contributed by atoms with E-state index in [1.54, 1.807) is 12.1 Å². The van der Waals surface area contributed by atoms with Crippen molar-refractivity contribution < 1.29 is 4.52 Å². The molecule has 1 aliphatic carbocycles. The number of nitrogens with one attached hydrogen (secondary N) is 1. The molecule has 0 spiro atoms. The Morgan fingerprint density at radius 3 is 2.70 bits per heavy atom. The average molecular weight is 312 g/mol. The van der Waals surface area contributed by atoms with Crippen LogP contribution in [-0.2, 0) is 13.0 Å². The van der Waals surface area contributed by atoms with Gasteiger partial charge in [0, 0.05) is 16.5 Å². The molecule has 4 nitrogen and oxygen atoms in total. The van der Waals surface area contributed by atoms with E-state index in [4.69, 9.17) is 27.7 Å². The van der Waals surface area contributed by atoms with Crippen molar-refractivity contribution in [3.05, 3.63) is 45.5 Å². The van der Waals surface area contributed by atoms with Gasteiger partial charge in [0.1, 0.15) is 0 Å². The summed E-state index contributed by atoms with van der Waals surface area (Å²) in [5.74, 6) is 2.03. The molecular weight excluding hydrogens is 297 g/mol. The Bertz CT molecular complexity index is 576. The minimum Gasteiger partial charge on any atom is -0.338 e. The van der Waals surface area contributed by atoms with Crippen molar-refractivity contribution in [1.82, 2.24) is 15.5 Å². The van der Waals surface area contributed by atoms with Gasteiger partial charge in [-0.05, 0) is 43.0 Å². The lowest BCUT2D eigenvalue weighted by molar-refractivity contribution is 0.362. The minimum absolute atomic E-state index is 0.477. The van der Waals surface area contributed by atoms with Crippen molar-refractivity contribution in [2.75, 3.05) is 6.54 Å². The number of hydrogen-bond donors (Lipinski definition) is 1. The molecule has 1 heterocycles. The van der Waals surface area contributed by atoms with Crippen LogP contribution in [0.15, 0.2) is 22.7 Å². The zero-order chi connectivity index (χ0) is 13.9. The smallest absolute Gasteiger partial charge is 0.240 e. The summed E-state index contributed by atoms with van der Waals surface area (Å²) < 4.78 is 5.21. The van der Waals surface area contributed by atoms with Gasteiger partial charge in [-0.1, -0.05) is 34.4 Å². The number of hydrogen-bond acceptors (Lipinski definition) is 4. The lowest BCUT2D eigenvalue weighted by atomic mass is 10.1. The fraction of sp³-hybridized carbons (Fsp3) is 0.429. The Labute approximate surface area is 127 Å². The van der Waals surface area contributed by atoms with E-state index in [-0.39, 0.29) is 0 Å². The fourth-order valence-electron chi connectivity index (χ4n) is 2.00. The first-order chi connectivity index (χ1) is 9.72. The van der Waals surface area contributed by atoms with E-state index >= 15 is 0 Å².